The minimum atomic E-state index is -0.173. The van der Waals surface area contributed by atoms with E-state index < -0.39 is 0 Å². The van der Waals surface area contributed by atoms with E-state index in [1.54, 1.807) is 18.2 Å². The Kier molecular flexibility index (Phi) is 6.85. The molecule has 126 valence electrons. The van der Waals surface area contributed by atoms with E-state index in [0.717, 1.165) is 17.7 Å². The van der Waals surface area contributed by atoms with Crippen LogP contribution in [0.25, 0.3) is 6.08 Å². The molecule has 2 rings (SSSR count). The van der Waals surface area contributed by atoms with Crippen LogP contribution in [-0.4, -0.2) is 20.0 Å². The second-order valence-corrected chi connectivity index (χ2v) is 6.68. The fourth-order valence-corrected chi connectivity index (χ4v) is 2.62. The Morgan fingerprint density at radius 1 is 1.08 bits per heavy atom. The Bertz CT molecular complexity index is 725. The Balaban J connectivity index is 1.89. The predicted molar refractivity (Wildman–Crippen MR) is 100 cm³/mol. The average molecular weight is 364 g/mol. The lowest BCUT2D eigenvalue weighted by molar-refractivity contribution is -0.872. The molecular formula is C19H21Cl2N2O+. The van der Waals surface area contributed by atoms with Crippen molar-refractivity contribution in [3.05, 3.63) is 75.3 Å². The molecule has 2 aromatic rings. The second-order valence-electron chi connectivity index (χ2n) is 5.89. The number of hydrogen-bond acceptors (Lipinski definition) is 1. The SMILES string of the molecule is C[NH+](C)Cc1ccc(CNC(=O)/C=C/c2cccc(Cl)c2Cl)cc1. The van der Waals surface area contributed by atoms with Gasteiger partial charge in [-0.25, -0.2) is 0 Å². The van der Waals surface area contributed by atoms with E-state index in [1.807, 2.05) is 18.2 Å². The van der Waals surface area contributed by atoms with Crippen molar-refractivity contribution in [2.45, 2.75) is 13.1 Å². The van der Waals surface area contributed by atoms with Crippen molar-refractivity contribution in [3.8, 4) is 0 Å². The van der Waals surface area contributed by atoms with Gasteiger partial charge in [-0.1, -0.05) is 59.6 Å². The van der Waals surface area contributed by atoms with Gasteiger partial charge in [0.1, 0.15) is 6.54 Å². The van der Waals surface area contributed by atoms with Crippen LogP contribution in [0.15, 0.2) is 48.5 Å². The third-order valence-electron chi connectivity index (χ3n) is 3.44. The summed E-state index contributed by atoms with van der Waals surface area (Å²) < 4.78 is 0. The van der Waals surface area contributed by atoms with Crippen LogP contribution in [0.2, 0.25) is 10.0 Å². The molecule has 0 bridgehead atoms. The zero-order valence-corrected chi connectivity index (χ0v) is 15.3. The molecule has 0 fully saturated rings. The molecule has 0 aliphatic heterocycles. The number of carbonyl (C=O) groups is 1. The molecule has 24 heavy (non-hydrogen) atoms. The largest absolute Gasteiger partial charge is 0.348 e. The number of carbonyl (C=O) groups excluding carboxylic acids is 1. The van der Waals surface area contributed by atoms with Crippen LogP contribution < -0.4 is 10.2 Å². The van der Waals surface area contributed by atoms with Crippen molar-refractivity contribution in [3.63, 3.8) is 0 Å². The van der Waals surface area contributed by atoms with Crippen molar-refractivity contribution in [2.75, 3.05) is 14.1 Å². The standard InChI is InChI=1S/C19H20Cl2N2O/c1-23(2)13-15-8-6-14(7-9-15)12-22-18(24)11-10-16-4-3-5-17(20)19(16)21/h3-11H,12-13H2,1-2H3,(H,22,24)/p+1/b11-10+. The van der Waals surface area contributed by atoms with E-state index >= 15 is 0 Å². The van der Waals surface area contributed by atoms with Gasteiger partial charge in [-0.2, -0.15) is 0 Å². The lowest BCUT2D eigenvalue weighted by atomic mass is 10.1. The Labute approximate surface area is 152 Å². The first kappa shape index (κ1) is 18.5. The summed E-state index contributed by atoms with van der Waals surface area (Å²) in [6, 6.07) is 13.6. The lowest BCUT2D eigenvalue weighted by Gasteiger charge is -2.08. The zero-order chi connectivity index (χ0) is 17.5. The van der Waals surface area contributed by atoms with Gasteiger partial charge in [0.05, 0.1) is 24.1 Å². The molecular weight excluding hydrogens is 343 g/mol. The highest BCUT2D eigenvalue weighted by Crippen LogP contribution is 2.26. The van der Waals surface area contributed by atoms with Gasteiger partial charge in [0.15, 0.2) is 0 Å². The molecule has 2 N–H and O–H groups in total. The minimum Gasteiger partial charge on any atom is -0.348 e. The number of benzene rings is 2. The smallest absolute Gasteiger partial charge is 0.244 e. The van der Waals surface area contributed by atoms with Crippen molar-refractivity contribution in [2.24, 2.45) is 0 Å². The molecule has 0 aliphatic carbocycles. The molecule has 0 spiro atoms. The van der Waals surface area contributed by atoms with Gasteiger partial charge in [0.25, 0.3) is 0 Å². The van der Waals surface area contributed by atoms with Gasteiger partial charge >= 0.3 is 0 Å². The maximum absolute atomic E-state index is 11.9. The molecule has 0 unspecified atom stereocenters. The van der Waals surface area contributed by atoms with Gasteiger partial charge in [0.2, 0.25) is 5.91 Å². The number of quaternary nitrogens is 1. The molecule has 5 heteroatoms. The van der Waals surface area contributed by atoms with Crippen LogP contribution in [0, 0.1) is 0 Å². The van der Waals surface area contributed by atoms with E-state index in [0.29, 0.717) is 16.6 Å². The van der Waals surface area contributed by atoms with Gasteiger partial charge in [-0.15, -0.1) is 0 Å². The first-order valence-corrected chi connectivity index (χ1v) is 8.48. The van der Waals surface area contributed by atoms with Crippen molar-refractivity contribution in [1.29, 1.82) is 0 Å². The summed E-state index contributed by atoms with van der Waals surface area (Å²) in [5.41, 5.74) is 3.06. The zero-order valence-electron chi connectivity index (χ0n) is 13.8. The lowest BCUT2D eigenvalue weighted by Crippen LogP contribution is -3.04. The van der Waals surface area contributed by atoms with Gasteiger partial charge in [0, 0.05) is 18.2 Å². The summed E-state index contributed by atoms with van der Waals surface area (Å²) in [4.78, 5) is 13.3. The van der Waals surface area contributed by atoms with E-state index in [9.17, 15) is 4.79 Å². The van der Waals surface area contributed by atoms with Crippen LogP contribution in [0.5, 0.6) is 0 Å². The summed E-state index contributed by atoms with van der Waals surface area (Å²) in [5, 5.41) is 3.77. The predicted octanol–water partition coefficient (Wildman–Crippen LogP) is 2.97. The molecule has 0 atom stereocenters. The summed E-state index contributed by atoms with van der Waals surface area (Å²) in [5.74, 6) is -0.173. The highest BCUT2D eigenvalue weighted by atomic mass is 35.5. The molecule has 0 saturated carbocycles. The Hall–Kier alpha value is -1.81. The van der Waals surface area contributed by atoms with Gasteiger partial charge in [-0.3, -0.25) is 4.79 Å². The topological polar surface area (TPSA) is 33.5 Å². The Morgan fingerprint density at radius 2 is 1.75 bits per heavy atom. The first-order valence-electron chi connectivity index (χ1n) is 7.72. The summed E-state index contributed by atoms with van der Waals surface area (Å²) >= 11 is 12.0. The summed E-state index contributed by atoms with van der Waals surface area (Å²) in [6.07, 6.45) is 3.12. The average Bonchev–Trinajstić information content (AvgIpc) is 2.55. The van der Waals surface area contributed by atoms with Crippen LogP contribution in [0.4, 0.5) is 0 Å². The quantitative estimate of drug-likeness (QED) is 0.760. The first-order chi connectivity index (χ1) is 11.5. The third kappa shape index (κ3) is 5.68. The van der Waals surface area contributed by atoms with E-state index in [-0.39, 0.29) is 5.91 Å². The monoisotopic (exact) mass is 363 g/mol. The summed E-state index contributed by atoms with van der Waals surface area (Å²) in [6.45, 7) is 1.47. The third-order valence-corrected chi connectivity index (χ3v) is 4.28. The number of amides is 1. The fourth-order valence-electron chi connectivity index (χ4n) is 2.25. The molecule has 2 aromatic carbocycles. The molecule has 1 amide bonds. The number of nitrogens with one attached hydrogen (secondary N) is 2. The number of hydrogen-bond donors (Lipinski definition) is 2. The molecule has 0 aliphatic rings. The molecule has 0 heterocycles. The van der Waals surface area contributed by atoms with E-state index in [2.05, 4.69) is 31.5 Å². The summed E-state index contributed by atoms with van der Waals surface area (Å²) in [7, 11) is 4.24. The maximum atomic E-state index is 11.9. The van der Waals surface area contributed by atoms with Crippen molar-refractivity contribution >= 4 is 35.2 Å². The minimum absolute atomic E-state index is 0.173. The van der Waals surface area contributed by atoms with Crippen molar-refractivity contribution < 1.29 is 9.69 Å². The second kappa shape index (κ2) is 8.88. The highest BCUT2D eigenvalue weighted by Gasteiger charge is 2.03. The highest BCUT2D eigenvalue weighted by molar-refractivity contribution is 6.42. The molecule has 0 aromatic heterocycles. The molecule has 0 saturated heterocycles. The van der Waals surface area contributed by atoms with Crippen LogP contribution in [0.1, 0.15) is 16.7 Å². The van der Waals surface area contributed by atoms with Gasteiger partial charge < -0.3 is 10.2 Å². The number of rotatable bonds is 6. The van der Waals surface area contributed by atoms with E-state index in [1.165, 1.54) is 16.5 Å². The fraction of sp³-hybridized carbons (Fsp3) is 0.211. The number of halogens is 2. The van der Waals surface area contributed by atoms with Crippen LogP contribution in [-0.2, 0) is 17.9 Å². The van der Waals surface area contributed by atoms with Crippen LogP contribution >= 0.6 is 23.2 Å². The normalized spacial score (nSPS) is 11.2. The van der Waals surface area contributed by atoms with Gasteiger partial charge in [-0.05, 0) is 23.3 Å². The Morgan fingerprint density at radius 3 is 2.42 bits per heavy atom. The molecule has 0 radical (unpaired) electrons. The van der Waals surface area contributed by atoms with Crippen molar-refractivity contribution in [1.82, 2.24) is 5.32 Å². The maximum Gasteiger partial charge on any atom is 0.244 e. The molecule has 3 nitrogen and oxygen atoms in total. The van der Waals surface area contributed by atoms with Crippen LogP contribution in [0.3, 0.4) is 0 Å². The van der Waals surface area contributed by atoms with E-state index in [4.69, 9.17) is 23.2 Å².